The minimum Gasteiger partial charge on any atom is -0.466 e. The fraction of sp³-hybridized carbons (Fsp3) is 0.750. The van der Waals surface area contributed by atoms with Crippen molar-refractivity contribution in [1.29, 1.82) is 0 Å². The number of ether oxygens (including phenoxy) is 1. The first-order valence-corrected chi connectivity index (χ1v) is 8.16. The summed E-state index contributed by atoms with van der Waals surface area (Å²) in [4.78, 5) is 18.7. The van der Waals surface area contributed by atoms with E-state index < -0.39 is 0 Å². The number of likely N-dealkylation sites (tertiary alicyclic amines) is 1. The van der Waals surface area contributed by atoms with Gasteiger partial charge in [0.25, 0.3) is 0 Å². The molecule has 1 aromatic rings. The Bertz CT molecular complexity index is 436. The SMILES string of the molecule is CCOC(=O)CC(c1cncn1CC)N1CCCCCC1. The van der Waals surface area contributed by atoms with Crippen molar-refractivity contribution in [2.75, 3.05) is 19.7 Å². The van der Waals surface area contributed by atoms with E-state index in [1.807, 2.05) is 19.4 Å². The molecule has 5 heteroatoms. The second-order valence-corrected chi connectivity index (χ2v) is 5.58. The van der Waals surface area contributed by atoms with Gasteiger partial charge in [0.15, 0.2) is 0 Å². The van der Waals surface area contributed by atoms with Crippen molar-refractivity contribution < 1.29 is 9.53 Å². The minimum atomic E-state index is -0.115. The molecule has 0 spiro atoms. The van der Waals surface area contributed by atoms with E-state index in [-0.39, 0.29) is 12.0 Å². The number of hydrogen-bond acceptors (Lipinski definition) is 4. The van der Waals surface area contributed by atoms with Crippen LogP contribution in [0.4, 0.5) is 0 Å². The smallest absolute Gasteiger partial charge is 0.307 e. The number of imidazole rings is 1. The van der Waals surface area contributed by atoms with Gasteiger partial charge in [0.1, 0.15) is 0 Å². The zero-order chi connectivity index (χ0) is 15.1. The molecule has 1 saturated heterocycles. The Balaban J connectivity index is 2.18. The molecule has 5 nitrogen and oxygen atoms in total. The third-order valence-corrected chi connectivity index (χ3v) is 4.17. The lowest BCUT2D eigenvalue weighted by molar-refractivity contribution is -0.144. The standard InChI is InChI=1S/C16H27N3O2/c1-3-18-13-17-12-15(18)14(11-16(20)21-4-2)19-9-7-5-6-8-10-19/h12-14H,3-11H2,1-2H3. The van der Waals surface area contributed by atoms with Gasteiger partial charge in [-0.15, -0.1) is 0 Å². The lowest BCUT2D eigenvalue weighted by Crippen LogP contribution is -2.33. The first kappa shape index (κ1) is 16.0. The summed E-state index contributed by atoms with van der Waals surface area (Å²) in [6.45, 7) is 7.39. The number of hydrogen-bond donors (Lipinski definition) is 0. The molecule has 1 fully saturated rings. The van der Waals surface area contributed by atoms with E-state index in [0.29, 0.717) is 13.0 Å². The molecule has 0 bridgehead atoms. The molecule has 1 aliphatic rings. The van der Waals surface area contributed by atoms with Crippen LogP contribution in [0.25, 0.3) is 0 Å². The van der Waals surface area contributed by atoms with Crippen molar-refractivity contribution in [1.82, 2.24) is 14.5 Å². The summed E-state index contributed by atoms with van der Waals surface area (Å²) >= 11 is 0. The third-order valence-electron chi connectivity index (χ3n) is 4.17. The van der Waals surface area contributed by atoms with Crippen LogP contribution >= 0.6 is 0 Å². The van der Waals surface area contributed by atoms with E-state index in [2.05, 4.69) is 21.4 Å². The summed E-state index contributed by atoms with van der Waals surface area (Å²) < 4.78 is 7.30. The molecule has 0 aliphatic carbocycles. The Morgan fingerprint density at radius 2 is 2.00 bits per heavy atom. The van der Waals surface area contributed by atoms with Gasteiger partial charge in [0, 0.05) is 12.7 Å². The maximum Gasteiger partial charge on any atom is 0.307 e. The summed E-state index contributed by atoms with van der Waals surface area (Å²) in [7, 11) is 0. The van der Waals surface area contributed by atoms with Gasteiger partial charge in [-0.3, -0.25) is 9.69 Å². The molecular formula is C16H27N3O2. The quantitative estimate of drug-likeness (QED) is 0.757. The Hall–Kier alpha value is -1.36. The summed E-state index contributed by atoms with van der Waals surface area (Å²) in [5.74, 6) is -0.115. The van der Waals surface area contributed by atoms with Gasteiger partial charge in [-0.2, -0.15) is 0 Å². The van der Waals surface area contributed by atoms with Crippen LogP contribution < -0.4 is 0 Å². The van der Waals surface area contributed by atoms with Gasteiger partial charge in [-0.1, -0.05) is 12.8 Å². The summed E-state index contributed by atoms with van der Waals surface area (Å²) in [5.41, 5.74) is 1.13. The second kappa shape index (κ2) is 8.17. The number of aryl methyl sites for hydroxylation is 1. The summed E-state index contributed by atoms with van der Waals surface area (Å²) in [6.07, 6.45) is 9.16. The van der Waals surface area contributed by atoms with Crippen molar-refractivity contribution in [2.24, 2.45) is 0 Å². The van der Waals surface area contributed by atoms with Crippen LogP contribution in [-0.4, -0.2) is 40.1 Å². The lowest BCUT2D eigenvalue weighted by atomic mass is 10.1. The zero-order valence-corrected chi connectivity index (χ0v) is 13.3. The van der Waals surface area contributed by atoms with E-state index in [1.54, 1.807) is 0 Å². The van der Waals surface area contributed by atoms with Gasteiger partial charge in [0.2, 0.25) is 0 Å². The highest BCUT2D eigenvalue weighted by molar-refractivity contribution is 5.70. The van der Waals surface area contributed by atoms with Crippen LogP contribution in [-0.2, 0) is 16.1 Å². The Kier molecular flexibility index (Phi) is 6.23. The van der Waals surface area contributed by atoms with Crippen LogP contribution in [0.5, 0.6) is 0 Å². The average Bonchev–Trinajstić information content (AvgIpc) is 2.78. The molecule has 2 heterocycles. The molecular weight excluding hydrogens is 266 g/mol. The molecule has 2 rings (SSSR count). The largest absolute Gasteiger partial charge is 0.466 e. The number of esters is 1. The molecule has 0 amide bonds. The second-order valence-electron chi connectivity index (χ2n) is 5.58. The molecule has 1 aromatic heterocycles. The average molecular weight is 293 g/mol. The Morgan fingerprint density at radius 1 is 1.29 bits per heavy atom. The van der Waals surface area contributed by atoms with E-state index in [0.717, 1.165) is 25.3 Å². The Morgan fingerprint density at radius 3 is 2.62 bits per heavy atom. The molecule has 0 saturated carbocycles. The molecule has 1 unspecified atom stereocenters. The van der Waals surface area contributed by atoms with E-state index in [9.17, 15) is 4.79 Å². The van der Waals surface area contributed by atoms with E-state index >= 15 is 0 Å². The monoisotopic (exact) mass is 293 g/mol. The van der Waals surface area contributed by atoms with Crippen molar-refractivity contribution in [3.05, 3.63) is 18.2 Å². The normalized spacial score (nSPS) is 18.2. The van der Waals surface area contributed by atoms with Crippen LogP contribution in [0.1, 0.15) is 57.7 Å². The topological polar surface area (TPSA) is 47.4 Å². The summed E-state index contributed by atoms with van der Waals surface area (Å²) in [5, 5.41) is 0. The van der Waals surface area contributed by atoms with Crippen molar-refractivity contribution in [3.63, 3.8) is 0 Å². The molecule has 1 aliphatic heterocycles. The van der Waals surface area contributed by atoms with Crippen LogP contribution in [0.3, 0.4) is 0 Å². The van der Waals surface area contributed by atoms with E-state index in [4.69, 9.17) is 4.74 Å². The minimum absolute atomic E-state index is 0.0876. The third kappa shape index (κ3) is 4.30. The number of carbonyl (C=O) groups excluding carboxylic acids is 1. The molecule has 21 heavy (non-hydrogen) atoms. The molecule has 118 valence electrons. The lowest BCUT2D eigenvalue weighted by Gasteiger charge is -2.30. The first-order valence-electron chi connectivity index (χ1n) is 8.16. The van der Waals surface area contributed by atoms with Crippen molar-refractivity contribution >= 4 is 5.97 Å². The van der Waals surface area contributed by atoms with Crippen LogP contribution in [0, 0.1) is 0 Å². The number of rotatable bonds is 6. The van der Waals surface area contributed by atoms with Crippen molar-refractivity contribution in [3.8, 4) is 0 Å². The highest BCUT2D eigenvalue weighted by atomic mass is 16.5. The maximum absolute atomic E-state index is 12.0. The van der Waals surface area contributed by atoms with Crippen LogP contribution in [0.15, 0.2) is 12.5 Å². The van der Waals surface area contributed by atoms with Gasteiger partial charge in [0.05, 0.1) is 31.1 Å². The zero-order valence-electron chi connectivity index (χ0n) is 13.3. The number of carbonyl (C=O) groups is 1. The van der Waals surface area contributed by atoms with Gasteiger partial charge < -0.3 is 9.30 Å². The molecule has 0 aromatic carbocycles. The number of nitrogens with zero attached hydrogens (tertiary/aromatic N) is 3. The van der Waals surface area contributed by atoms with Gasteiger partial charge >= 0.3 is 5.97 Å². The predicted molar refractivity (Wildman–Crippen MR) is 81.9 cm³/mol. The number of aromatic nitrogens is 2. The van der Waals surface area contributed by atoms with E-state index in [1.165, 1.54) is 25.7 Å². The van der Waals surface area contributed by atoms with Gasteiger partial charge in [-0.25, -0.2) is 4.98 Å². The predicted octanol–water partition coefficient (Wildman–Crippen LogP) is 2.77. The highest BCUT2D eigenvalue weighted by Gasteiger charge is 2.27. The molecule has 0 radical (unpaired) electrons. The van der Waals surface area contributed by atoms with Crippen LogP contribution in [0.2, 0.25) is 0 Å². The fourth-order valence-electron chi connectivity index (χ4n) is 3.08. The highest BCUT2D eigenvalue weighted by Crippen LogP contribution is 2.27. The molecule has 0 N–H and O–H groups in total. The maximum atomic E-state index is 12.0. The first-order chi connectivity index (χ1) is 10.3. The summed E-state index contributed by atoms with van der Waals surface area (Å²) in [6, 6.07) is 0.0876. The molecule has 1 atom stereocenters. The van der Waals surface area contributed by atoms with Gasteiger partial charge in [-0.05, 0) is 39.8 Å². The Labute approximate surface area is 127 Å². The van der Waals surface area contributed by atoms with Crippen molar-refractivity contribution in [2.45, 2.75) is 58.5 Å². The fourth-order valence-corrected chi connectivity index (χ4v) is 3.08.